The summed E-state index contributed by atoms with van der Waals surface area (Å²) in [5.41, 5.74) is 6.77. The minimum absolute atomic E-state index is 0.142. The third-order valence-electron chi connectivity index (χ3n) is 3.88. The van der Waals surface area contributed by atoms with Crippen LogP contribution in [0.3, 0.4) is 0 Å². The van der Waals surface area contributed by atoms with E-state index in [1.54, 1.807) is 24.4 Å². The van der Waals surface area contributed by atoms with Gasteiger partial charge in [0.1, 0.15) is 11.6 Å². The van der Waals surface area contributed by atoms with Crippen LogP contribution < -0.4 is 10.6 Å². The summed E-state index contributed by atoms with van der Waals surface area (Å²) in [6.45, 7) is 3.94. The normalized spacial score (nSPS) is 18.3. The van der Waals surface area contributed by atoms with Gasteiger partial charge < -0.3 is 15.4 Å². The fraction of sp³-hybridized carbons (Fsp3) is 0.438. The van der Waals surface area contributed by atoms with Crippen molar-refractivity contribution in [2.45, 2.75) is 18.7 Å². The first-order chi connectivity index (χ1) is 11.8. The van der Waals surface area contributed by atoms with Crippen molar-refractivity contribution in [3.05, 3.63) is 30.1 Å². The Morgan fingerprint density at radius 3 is 2.80 bits per heavy atom. The summed E-state index contributed by atoms with van der Waals surface area (Å²) in [6, 6.07) is 5.32. The van der Waals surface area contributed by atoms with E-state index in [0.717, 1.165) is 0 Å². The molecule has 2 aromatic heterocycles. The third-order valence-corrected chi connectivity index (χ3v) is 4.70. The number of pyridine rings is 1. The second kappa shape index (κ2) is 6.93. The van der Waals surface area contributed by atoms with Gasteiger partial charge in [-0.2, -0.15) is 0 Å². The van der Waals surface area contributed by atoms with Gasteiger partial charge in [-0.3, -0.25) is 0 Å². The van der Waals surface area contributed by atoms with Crippen molar-refractivity contribution in [1.82, 2.24) is 15.0 Å². The lowest BCUT2D eigenvalue weighted by atomic mass is 10.2. The highest BCUT2D eigenvalue weighted by molar-refractivity contribution is 7.89. The molecule has 0 spiro atoms. The quantitative estimate of drug-likeness (QED) is 0.852. The molecular formula is C16H21N5O3S. The van der Waals surface area contributed by atoms with Crippen LogP contribution >= 0.6 is 0 Å². The summed E-state index contributed by atoms with van der Waals surface area (Å²) >= 11 is 0. The second-order valence-corrected chi connectivity index (χ2v) is 8.34. The molecule has 0 radical (unpaired) electrons. The van der Waals surface area contributed by atoms with Crippen LogP contribution in [0, 0.1) is 0 Å². The van der Waals surface area contributed by atoms with Gasteiger partial charge in [0, 0.05) is 30.6 Å². The zero-order valence-corrected chi connectivity index (χ0v) is 15.0. The van der Waals surface area contributed by atoms with Crippen molar-refractivity contribution in [3.63, 3.8) is 0 Å². The average molecular weight is 363 g/mol. The van der Waals surface area contributed by atoms with Crippen LogP contribution in [0.1, 0.15) is 12.6 Å². The molecule has 3 heterocycles. The number of anilines is 2. The van der Waals surface area contributed by atoms with E-state index in [0.29, 0.717) is 48.5 Å². The maximum absolute atomic E-state index is 11.7. The molecule has 0 saturated carbocycles. The van der Waals surface area contributed by atoms with Crippen LogP contribution in [-0.4, -0.2) is 55.4 Å². The minimum atomic E-state index is -3.21. The van der Waals surface area contributed by atoms with Gasteiger partial charge in [0.15, 0.2) is 15.7 Å². The molecule has 0 aliphatic carbocycles. The molecule has 3 rings (SSSR count). The van der Waals surface area contributed by atoms with Crippen molar-refractivity contribution in [1.29, 1.82) is 0 Å². The molecule has 134 valence electrons. The zero-order chi connectivity index (χ0) is 18.0. The van der Waals surface area contributed by atoms with Gasteiger partial charge in [0.25, 0.3) is 0 Å². The fourth-order valence-corrected chi connectivity index (χ4v) is 3.39. The van der Waals surface area contributed by atoms with Crippen LogP contribution in [0.15, 0.2) is 24.4 Å². The predicted molar refractivity (Wildman–Crippen MR) is 95.9 cm³/mol. The molecule has 2 aromatic rings. The van der Waals surface area contributed by atoms with Gasteiger partial charge in [-0.15, -0.1) is 0 Å². The molecule has 9 heteroatoms. The molecule has 1 unspecified atom stereocenters. The maximum Gasteiger partial charge on any atom is 0.163 e. The monoisotopic (exact) mass is 363 g/mol. The summed E-state index contributed by atoms with van der Waals surface area (Å²) in [5.74, 6) is 1.38. The van der Waals surface area contributed by atoms with Crippen LogP contribution in [-0.2, 0) is 20.3 Å². The number of nitrogens with two attached hydrogens (primary N) is 1. The smallest absolute Gasteiger partial charge is 0.163 e. The van der Waals surface area contributed by atoms with Gasteiger partial charge >= 0.3 is 0 Å². The number of hydrogen-bond donors (Lipinski definition) is 1. The lowest BCUT2D eigenvalue weighted by Gasteiger charge is -2.34. The number of nitrogens with zero attached hydrogens (tertiary/aromatic N) is 4. The van der Waals surface area contributed by atoms with Crippen molar-refractivity contribution in [3.8, 4) is 11.4 Å². The van der Waals surface area contributed by atoms with E-state index in [-0.39, 0.29) is 11.8 Å². The molecule has 1 aliphatic heterocycles. The van der Waals surface area contributed by atoms with Crippen molar-refractivity contribution in [2.24, 2.45) is 0 Å². The third kappa shape index (κ3) is 4.43. The average Bonchev–Trinajstić information content (AvgIpc) is 2.54. The van der Waals surface area contributed by atoms with Gasteiger partial charge in [-0.25, -0.2) is 23.4 Å². The molecule has 1 atom stereocenters. The number of morpholine rings is 1. The Kier molecular flexibility index (Phi) is 4.87. The summed E-state index contributed by atoms with van der Waals surface area (Å²) in [6.07, 6.45) is 2.78. The summed E-state index contributed by atoms with van der Waals surface area (Å²) < 4.78 is 28.9. The Morgan fingerprint density at radius 2 is 2.16 bits per heavy atom. The standard InChI is InChI=1S/C16H21N5O3S/c1-11-9-24-6-5-21(11)15-7-13(10-25(2,22)23)19-16(20-15)12-3-4-14(17)18-8-12/h3-4,7-8,11H,5-6,9-10H2,1-2H3,(H2,17,18). The topological polar surface area (TPSA) is 111 Å². The molecule has 1 aliphatic rings. The van der Waals surface area contributed by atoms with Gasteiger partial charge in [0.05, 0.1) is 30.7 Å². The fourth-order valence-electron chi connectivity index (χ4n) is 2.71. The lowest BCUT2D eigenvalue weighted by Crippen LogP contribution is -2.44. The van der Waals surface area contributed by atoms with Crippen molar-refractivity contribution < 1.29 is 13.2 Å². The molecule has 8 nitrogen and oxygen atoms in total. The van der Waals surface area contributed by atoms with Crippen LogP contribution in [0.4, 0.5) is 11.6 Å². The van der Waals surface area contributed by atoms with E-state index < -0.39 is 9.84 Å². The van der Waals surface area contributed by atoms with Crippen molar-refractivity contribution >= 4 is 21.5 Å². The Hall–Kier alpha value is -2.26. The molecule has 1 saturated heterocycles. The molecule has 0 aromatic carbocycles. The summed E-state index contributed by atoms with van der Waals surface area (Å²) in [7, 11) is -3.21. The zero-order valence-electron chi connectivity index (χ0n) is 14.2. The van der Waals surface area contributed by atoms with Crippen LogP contribution in [0.5, 0.6) is 0 Å². The van der Waals surface area contributed by atoms with E-state index in [2.05, 4.69) is 19.9 Å². The Balaban J connectivity index is 2.06. The number of rotatable bonds is 4. The number of aromatic nitrogens is 3. The number of ether oxygens (including phenoxy) is 1. The van der Waals surface area contributed by atoms with Gasteiger partial charge in [-0.05, 0) is 19.1 Å². The van der Waals surface area contributed by atoms with E-state index in [9.17, 15) is 8.42 Å². The number of sulfone groups is 1. The van der Waals surface area contributed by atoms with Crippen LogP contribution in [0.25, 0.3) is 11.4 Å². The summed E-state index contributed by atoms with van der Waals surface area (Å²) in [5, 5.41) is 0. The highest BCUT2D eigenvalue weighted by Crippen LogP contribution is 2.23. The molecular weight excluding hydrogens is 342 g/mol. The molecule has 2 N–H and O–H groups in total. The Morgan fingerprint density at radius 1 is 1.36 bits per heavy atom. The largest absolute Gasteiger partial charge is 0.384 e. The maximum atomic E-state index is 11.7. The first kappa shape index (κ1) is 17.6. The summed E-state index contributed by atoms with van der Waals surface area (Å²) in [4.78, 5) is 15.2. The first-order valence-electron chi connectivity index (χ1n) is 7.94. The highest BCUT2D eigenvalue weighted by Gasteiger charge is 2.22. The predicted octanol–water partition coefficient (Wildman–Crippen LogP) is 0.890. The van der Waals surface area contributed by atoms with E-state index in [1.807, 2.05) is 6.92 Å². The highest BCUT2D eigenvalue weighted by atomic mass is 32.2. The molecule has 1 fully saturated rings. The lowest BCUT2D eigenvalue weighted by molar-refractivity contribution is 0.0985. The Labute approximate surface area is 147 Å². The number of hydrogen-bond acceptors (Lipinski definition) is 8. The molecule has 0 bridgehead atoms. The molecule has 0 amide bonds. The van der Waals surface area contributed by atoms with Gasteiger partial charge in [0.2, 0.25) is 0 Å². The van der Waals surface area contributed by atoms with E-state index >= 15 is 0 Å². The number of nitrogen functional groups attached to an aromatic ring is 1. The Bertz CT molecular complexity index is 855. The van der Waals surface area contributed by atoms with E-state index in [4.69, 9.17) is 10.5 Å². The molecule has 25 heavy (non-hydrogen) atoms. The van der Waals surface area contributed by atoms with E-state index in [1.165, 1.54) is 6.26 Å². The van der Waals surface area contributed by atoms with Gasteiger partial charge in [-0.1, -0.05) is 0 Å². The van der Waals surface area contributed by atoms with Crippen molar-refractivity contribution in [2.75, 3.05) is 36.6 Å². The minimum Gasteiger partial charge on any atom is -0.384 e. The van der Waals surface area contributed by atoms with Crippen LogP contribution in [0.2, 0.25) is 0 Å². The SMILES string of the molecule is CC1COCCN1c1cc(CS(C)(=O)=O)nc(-c2ccc(N)nc2)n1. The first-order valence-corrected chi connectivity index (χ1v) is 10.00. The second-order valence-electron chi connectivity index (χ2n) is 6.20.